The van der Waals surface area contributed by atoms with Crippen LogP contribution in [0.1, 0.15) is 44.8 Å². The molecule has 2 heterocycles. The number of hydrogen-bond donors (Lipinski definition) is 1. The third kappa shape index (κ3) is 4.58. The molecule has 0 spiro atoms. The van der Waals surface area contributed by atoms with Crippen LogP contribution in [0, 0.1) is 5.92 Å². The van der Waals surface area contributed by atoms with Gasteiger partial charge in [-0.1, -0.05) is 27.7 Å². The fourth-order valence-electron chi connectivity index (χ4n) is 2.02. The number of thioether (sulfide) groups is 1. The Balaban J connectivity index is 2.24. The van der Waals surface area contributed by atoms with Crippen LogP contribution in [0.2, 0.25) is 0 Å². The summed E-state index contributed by atoms with van der Waals surface area (Å²) >= 11 is 3.72. The van der Waals surface area contributed by atoms with Gasteiger partial charge in [-0.3, -0.25) is 0 Å². The Morgan fingerprint density at radius 2 is 2.10 bits per heavy atom. The number of anilines is 1. The Morgan fingerprint density at radius 1 is 1.29 bits per heavy atom. The molecule has 21 heavy (non-hydrogen) atoms. The monoisotopic (exact) mass is 323 g/mol. The van der Waals surface area contributed by atoms with E-state index in [-0.39, 0.29) is 0 Å². The molecule has 1 N–H and O–H groups in total. The summed E-state index contributed by atoms with van der Waals surface area (Å²) in [6, 6.07) is 2.24. The molecule has 0 bridgehead atoms. The average molecular weight is 324 g/mol. The van der Waals surface area contributed by atoms with Gasteiger partial charge in [-0.15, -0.1) is 11.3 Å². The summed E-state index contributed by atoms with van der Waals surface area (Å²) in [7, 11) is 0. The van der Waals surface area contributed by atoms with E-state index in [4.69, 9.17) is 9.97 Å². The van der Waals surface area contributed by atoms with Gasteiger partial charge in [0.1, 0.15) is 16.5 Å². The molecule has 0 atom stereocenters. The summed E-state index contributed by atoms with van der Waals surface area (Å²) in [5.41, 5.74) is 0. The molecule has 0 aliphatic rings. The van der Waals surface area contributed by atoms with E-state index < -0.39 is 0 Å². The molecule has 0 aliphatic heterocycles. The molecule has 0 aromatic carbocycles. The predicted molar refractivity (Wildman–Crippen MR) is 96.6 cm³/mol. The van der Waals surface area contributed by atoms with Crippen LogP contribution in [-0.2, 0) is 12.2 Å². The van der Waals surface area contributed by atoms with E-state index in [1.54, 1.807) is 11.3 Å². The van der Waals surface area contributed by atoms with E-state index in [1.807, 2.05) is 11.8 Å². The van der Waals surface area contributed by atoms with Crippen LogP contribution in [0.5, 0.6) is 0 Å². The number of hydrogen-bond acceptors (Lipinski definition) is 5. The number of rotatable bonds is 8. The zero-order valence-corrected chi connectivity index (χ0v) is 15.0. The summed E-state index contributed by atoms with van der Waals surface area (Å²) < 4.78 is 0. The molecule has 5 heteroatoms. The second-order valence-electron chi connectivity index (χ2n) is 5.61. The highest BCUT2D eigenvalue weighted by Gasteiger charge is 2.11. The standard InChI is InChI=1S/C16H25N3S2/c1-5-7-17-15-13-8-12(6-2)21-16(13)19-14(18-15)10-20-9-11(3)4/h8,11H,5-7,9-10H2,1-4H3,(H,17,18,19). The molecular formula is C16H25N3S2. The van der Waals surface area contributed by atoms with Crippen molar-refractivity contribution in [1.82, 2.24) is 9.97 Å². The molecule has 0 saturated carbocycles. The third-order valence-electron chi connectivity index (χ3n) is 3.06. The summed E-state index contributed by atoms with van der Waals surface area (Å²) in [4.78, 5) is 12.0. The Kier molecular flexibility index (Phi) is 6.30. The molecular weight excluding hydrogens is 298 g/mol. The lowest BCUT2D eigenvalue weighted by Gasteiger charge is -2.08. The third-order valence-corrected chi connectivity index (χ3v) is 5.60. The van der Waals surface area contributed by atoms with Gasteiger partial charge in [0.25, 0.3) is 0 Å². The normalized spacial score (nSPS) is 11.5. The summed E-state index contributed by atoms with van der Waals surface area (Å²) in [6.45, 7) is 9.82. The van der Waals surface area contributed by atoms with Gasteiger partial charge in [-0.05, 0) is 30.6 Å². The van der Waals surface area contributed by atoms with E-state index in [2.05, 4.69) is 39.1 Å². The van der Waals surface area contributed by atoms with Crippen molar-refractivity contribution in [1.29, 1.82) is 0 Å². The lowest BCUT2D eigenvalue weighted by atomic mass is 10.3. The second kappa shape index (κ2) is 7.99. The van der Waals surface area contributed by atoms with Gasteiger partial charge in [0.2, 0.25) is 0 Å². The maximum atomic E-state index is 4.76. The van der Waals surface area contributed by atoms with E-state index in [1.165, 1.54) is 10.3 Å². The second-order valence-corrected chi connectivity index (χ2v) is 7.75. The number of nitrogens with one attached hydrogen (secondary N) is 1. The molecule has 0 amide bonds. The molecule has 3 nitrogen and oxygen atoms in total. The van der Waals surface area contributed by atoms with E-state index in [0.29, 0.717) is 5.92 Å². The molecule has 0 fully saturated rings. The van der Waals surface area contributed by atoms with Gasteiger partial charge >= 0.3 is 0 Å². The van der Waals surface area contributed by atoms with Crippen molar-refractivity contribution in [2.45, 2.75) is 46.3 Å². The van der Waals surface area contributed by atoms with Crippen LogP contribution in [0.4, 0.5) is 5.82 Å². The van der Waals surface area contributed by atoms with Crippen LogP contribution in [0.15, 0.2) is 6.07 Å². The quantitative estimate of drug-likeness (QED) is 0.744. The van der Waals surface area contributed by atoms with Crippen LogP contribution >= 0.6 is 23.1 Å². The zero-order chi connectivity index (χ0) is 15.2. The van der Waals surface area contributed by atoms with Gasteiger partial charge in [-0.2, -0.15) is 11.8 Å². The largest absolute Gasteiger partial charge is 0.369 e. The number of aromatic nitrogens is 2. The first-order valence-electron chi connectivity index (χ1n) is 7.75. The zero-order valence-electron chi connectivity index (χ0n) is 13.4. The smallest absolute Gasteiger partial charge is 0.142 e. The highest BCUT2D eigenvalue weighted by atomic mass is 32.2. The number of aryl methyl sites for hydroxylation is 1. The molecule has 2 rings (SSSR count). The molecule has 0 radical (unpaired) electrons. The average Bonchev–Trinajstić information content (AvgIpc) is 2.87. The van der Waals surface area contributed by atoms with Crippen molar-refractivity contribution in [3.05, 3.63) is 16.8 Å². The number of thiophene rings is 1. The highest BCUT2D eigenvalue weighted by Crippen LogP contribution is 2.30. The molecule has 116 valence electrons. The fraction of sp³-hybridized carbons (Fsp3) is 0.625. The molecule has 2 aromatic rings. The SMILES string of the molecule is CCCNc1nc(CSCC(C)C)nc2sc(CC)cc12. The van der Waals surface area contributed by atoms with Gasteiger partial charge < -0.3 is 5.32 Å². The summed E-state index contributed by atoms with van der Waals surface area (Å²) in [5.74, 6) is 4.73. The topological polar surface area (TPSA) is 37.8 Å². The summed E-state index contributed by atoms with van der Waals surface area (Å²) in [6.07, 6.45) is 2.17. The van der Waals surface area contributed by atoms with E-state index >= 15 is 0 Å². The van der Waals surface area contributed by atoms with Crippen LogP contribution < -0.4 is 5.32 Å². The predicted octanol–water partition coefficient (Wildman–Crippen LogP) is 4.96. The van der Waals surface area contributed by atoms with Crippen molar-refractivity contribution < 1.29 is 0 Å². The van der Waals surface area contributed by atoms with Crippen LogP contribution in [0.25, 0.3) is 10.2 Å². The maximum Gasteiger partial charge on any atom is 0.142 e. The van der Waals surface area contributed by atoms with Crippen molar-refractivity contribution in [3.63, 3.8) is 0 Å². The minimum atomic E-state index is 0.713. The van der Waals surface area contributed by atoms with Crippen molar-refractivity contribution in [2.24, 2.45) is 5.92 Å². The first-order valence-corrected chi connectivity index (χ1v) is 9.72. The van der Waals surface area contributed by atoms with E-state index in [9.17, 15) is 0 Å². The Labute approximate surface area is 136 Å². The van der Waals surface area contributed by atoms with Crippen molar-refractivity contribution in [3.8, 4) is 0 Å². The first kappa shape index (κ1) is 16.6. The van der Waals surface area contributed by atoms with Crippen LogP contribution in [0.3, 0.4) is 0 Å². The minimum Gasteiger partial charge on any atom is -0.369 e. The van der Waals surface area contributed by atoms with Gasteiger partial charge in [0.15, 0.2) is 0 Å². The van der Waals surface area contributed by atoms with Gasteiger partial charge in [0.05, 0.1) is 11.1 Å². The lowest BCUT2D eigenvalue weighted by Crippen LogP contribution is -2.05. The van der Waals surface area contributed by atoms with Gasteiger partial charge in [0, 0.05) is 11.4 Å². The Morgan fingerprint density at radius 3 is 2.76 bits per heavy atom. The Bertz CT molecular complexity index is 578. The molecule has 0 aliphatic carbocycles. The summed E-state index contributed by atoms with van der Waals surface area (Å²) in [5, 5.41) is 4.64. The first-order chi connectivity index (χ1) is 10.1. The molecule has 2 aromatic heterocycles. The van der Waals surface area contributed by atoms with Crippen molar-refractivity contribution in [2.75, 3.05) is 17.6 Å². The van der Waals surface area contributed by atoms with Crippen molar-refractivity contribution >= 4 is 39.1 Å². The number of nitrogens with zero attached hydrogens (tertiary/aromatic N) is 2. The highest BCUT2D eigenvalue weighted by molar-refractivity contribution is 7.98. The Hall–Kier alpha value is -0.810. The van der Waals surface area contributed by atoms with Gasteiger partial charge in [-0.25, -0.2) is 9.97 Å². The molecule has 0 saturated heterocycles. The lowest BCUT2D eigenvalue weighted by molar-refractivity contribution is 0.750. The maximum absolute atomic E-state index is 4.76. The van der Waals surface area contributed by atoms with Crippen LogP contribution in [-0.4, -0.2) is 22.3 Å². The van der Waals surface area contributed by atoms with E-state index in [0.717, 1.165) is 47.4 Å². The fourth-order valence-corrected chi connectivity index (χ4v) is 3.91. The number of fused-ring (bicyclic) bond motifs is 1. The molecule has 0 unspecified atom stereocenters. The minimum absolute atomic E-state index is 0.713.